The highest BCUT2D eigenvalue weighted by Gasteiger charge is 2.38. The zero-order chi connectivity index (χ0) is 25.4. The molecule has 3 saturated heterocycles. The van der Waals surface area contributed by atoms with Crippen molar-refractivity contribution in [3.05, 3.63) is 0 Å². The zero-order valence-corrected chi connectivity index (χ0v) is 21.8. The molecule has 3 atom stereocenters. The van der Waals surface area contributed by atoms with Gasteiger partial charge < -0.3 is 19.3 Å². The summed E-state index contributed by atoms with van der Waals surface area (Å²) in [6.45, 7) is 12.2. The average Bonchev–Trinajstić information content (AvgIpc) is 2.83. The Kier molecular flexibility index (Phi) is 9.75. The topological polar surface area (TPSA) is 110 Å². The second-order valence-electron chi connectivity index (χ2n) is 10.9. The fourth-order valence-electron chi connectivity index (χ4n) is 5.22. The third-order valence-electron chi connectivity index (χ3n) is 6.92. The van der Waals surface area contributed by atoms with Crippen molar-refractivity contribution in [1.82, 2.24) is 20.0 Å². The van der Waals surface area contributed by atoms with Crippen molar-refractivity contribution in [2.75, 3.05) is 46.0 Å². The number of piperidine rings is 2. The minimum absolute atomic E-state index is 0.116. The Morgan fingerprint density at radius 3 is 2.60 bits per heavy atom. The lowest BCUT2D eigenvalue weighted by atomic mass is 9.86. The highest BCUT2D eigenvalue weighted by atomic mass is 16.5. The summed E-state index contributed by atoms with van der Waals surface area (Å²) in [5.41, 5.74) is -0.211. The van der Waals surface area contributed by atoms with Gasteiger partial charge in [-0.3, -0.25) is 10.1 Å². The summed E-state index contributed by atoms with van der Waals surface area (Å²) in [6.07, 6.45) is 7.20. The number of nitrogens with zero attached hydrogens (tertiary/aromatic N) is 5. The van der Waals surface area contributed by atoms with Crippen molar-refractivity contribution in [2.45, 2.75) is 84.3 Å². The number of morpholine rings is 1. The van der Waals surface area contributed by atoms with Crippen LogP contribution in [0.15, 0.2) is 4.99 Å². The van der Waals surface area contributed by atoms with E-state index in [4.69, 9.17) is 14.5 Å². The van der Waals surface area contributed by atoms with Crippen molar-refractivity contribution in [3.63, 3.8) is 0 Å². The van der Waals surface area contributed by atoms with Crippen LogP contribution in [0.3, 0.4) is 0 Å². The maximum atomic E-state index is 13.8. The highest BCUT2D eigenvalue weighted by Crippen LogP contribution is 2.30. The summed E-state index contributed by atoms with van der Waals surface area (Å²) < 4.78 is 10.5. The van der Waals surface area contributed by atoms with Gasteiger partial charge in [-0.05, 0) is 51.0 Å². The van der Waals surface area contributed by atoms with Gasteiger partial charge >= 0.3 is 6.09 Å². The molecule has 3 fully saturated rings. The highest BCUT2D eigenvalue weighted by molar-refractivity contribution is 5.96. The van der Waals surface area contributed by atoms with Crippen LogP contribution in [0.4, 0.5) is 4.79 Å². The van der Waals surface area contributed by atoms with E-state index in [9.17, 15) is 14.9 Å². The van der Waals surface area contributed by atoms with Crippen molar-refractivity contribution in [1.29, 1.82) is 5.26 Å². The zero-order valence-electron chi connectivity index (χ0n) is 21.8. The van der Waals surface area contributed by atoms with Crippen LogP contribution < -0.4 is 5.32 Å². The molecule has 3 aliphatic heterocycles. The van der Waals surface area contributed by atoms with Gasteiger partial charge in [0, 0.05) is 25.7 Å². The molecular weight excluding hydrogens is 448 g/mol. The number of aliphatic imine (C=N–C) groups is 1. The molecule has 10 heteroatoms. The number of carbonyl (C=O) groups is 2. The van der Waals surface area contributed by atoms with Crippen molar-refractivity contribution in [2.24, 2.45) is 10.4 Å². The number of nitrogens with one attached hydrogen (secondary N) is 1. The van der Waals surface area contributed by atoms with E-state index >= 15 is 0 Å². The number of alkyl carbamates (subject to hydrolysis) is 1. The van der Waals surface area contributed by atoms with Crippen LogP contribution in [0.5, 0.6) is 0 Å². The lowest BCUT2D eigenvalue weighted by Crippen LogP contribution is -2.54. The van der Waals surface area contributed by atoms with Crippen LogP contribution >= 0.6 is 0 Å². The van der Waals surface area contributed by atoms with Gasteiger partial charge in [0.2, 0.25) is 5.96 Å². The Labute approximate surface area is 209 Å². The average molecular weight is 491 g/mol. The standard InChI is InChI=1S/C25H42N6O4/c1-5-35-24(33)28-23(30-12-14-34-15-13-30)27-21(17-25(2,3)4)22(32)31(18-26)20-9-11-29-10-7-6-8-19(29)16-20/h19-21H,5-17H2,1-4H3,(H,27,28,33). The molecule has 3 unspecified atom stereocenters. The lowest BCUT2D eigenvalue weighted by molar-refractivity contribution is -0.133. The van der Waals surface area contributed by atoms with E-state index in [2.05, 4.69) is 16.4 Å². The van der Waals surface area contributed by atoms with Gasteiger partial charge in [-0.1, -0.05) is 27.2 Å². The summed E-state index contributed by atoms with van der Waals surface area (Å²) in [5, 5.41) is 12.8. The quantitative estimate of drug-likeness (QED) is 0.273. The molecule has 0 aromatic rings. The molecule has 0 spiro atoms. The Hall–Kier alpha value is -2.38. The first-order chi connectivity index (χ1) is 16.7. The fraction of sp³-hybridized carbons (Fsp3) is 0.840. The molecule has 0 aliphatic carbocycles. The van der Waals surface area contributed by atoms with Gasteiger partial charge in [-0.2, -0.15) is 5.26 Å². The lowest BCUT2D eigenvalue weighted by Gasteiger charge is -2.44. The van der Waals surface area contributed by atoms with Crippen molar-refractivity contribution >= 4 is 18.0 Å². The first-order valence-corrected chi connectivity index (χ1v) is 13.0. The van der Waals surface area contributed by atoms with E-state index in [-0.39, 0.29) is 24.0 Å². The minimum atomic E-state index is -0.793. The summed E-state index contributed by atoms with van der Waals surface area (Å²) in [6, 6.07) is -0.474. The molecule has 1 N–H and O–H groups in total. The van der Waals surface area contributed by atoms with Crippen LogP contribution in [-0.2, 0) is 14.3 Å². The molecule has 0 bridgehead atoms. The summed E-state index contributed by atoms with van der Waals surface area (Å²) in [7, 11) is 0. The Bertz CT molecular complexity index is 799. The van der Waals surface area contributed by atoms with Crippen LogP contribution in [-0.4, -0.2) is 96.8 Å². The van der Waals surface area contributed by atoms with Crippen LogP contribution in [0.1, 0.15) is 66.2 Å². The second-order valence-corrected chi connectivity index (χ2v) is 10.9. The van der Waals surface area contributed by atoms with Gasteiger partial charge in [0.05, 0.1) is 25.9 Å². The molecule has 196 valence electrons. The predicted molar refractivity (Wildman–Crippen MR) is 133 cm³/mol. The number of ether oxygens (including phenoxy) is 2. The monoisotopic (exact) mass is 490 g/mol. The summed E-state index contributed by atoms with van der Waals surface area (Å²) >= 11 is 0. The molecule has 0 radical (unpaired) electrons. The number of hydrogen-bond acceptors (Lipinski definition) is 7. The third kappa shape index (κ3) is 7.80. The van der Waals surface area contributed by atoms with Crippen molar-refractivity contribution < 1.29 is 19.1 Å². The molecule has 3 heterocycles. The molecule has 3 rings (SSSR count). The largest absolute Gasteiger partial charge is 0.450 e. The van der Waals surface area contributed by atoms with E-state index in [0.29, 0.717) is 44.7 Å². The van der Waals surface area contributed by atoms with Crippen LogP contribution in [0.25, 0.3) is 0 Å². The normalized spacial score (nSPS) is 24.7. The smallest absolute Gasteiger partial charge is 0.413 e. The van der Waals surface area contributed by atoms with Gasteiger partial charge in [0.15, 0.2) is 6.19 Å². The van der Waals surface area contributed by atoms with E-state index in [1.54, 1.807) is 6.92 Å². The van der Waals surface area contributed by atoms with Gasteiger partial charge in [0.1, 0.15) is 6.04 Å². The first kappa shape index (κ1) is 27.2. The van der Waals surface area contributed by atoms with E-state index in [1.165, 1.54) is 17.7 Å². The molecule has 0 aromatic carbocycles. The second kappa shape index (κ2) is 12.5. The molecule has 3 aliphatic rings. The predicted octanol–water partition coefficient (Wildman–Crippen LogP) is 2.55. The number of guanidine groups is 1. The van der Waals surface area contributed by atoms with Gasteiger partial charge in [-0.25, -0.2) is 14.7 Å². The Morgan fingerprint density at radius 1 is 1.20 bits per heavy atom. The molecular formula is C25H42N6O4. The maximum absolute atomic E-state index is 13.8. The fourth-order valence-corrected chi connectivity index (χ4v) is 5.22. The van der Waals surface area contributed by atoms with Gasteiger partial charge in [0.25, 0.3) is 5.91 Å². The number of nitriles is 1. The van der Waals surface area contributed by atoms with Crippen LogP contribution in [0, 0.1) is 16.9 Å². The van der Waals surface area contributed by atoms with Gasteiger partial charge in [-0.15, -0.1) is 0 Å². The first-order valence-electron chi connectivity index (χ1n) is 13.0. The Morgan fingerprint density at radius 2 is 1.94 bits per heavy atom. The summed E-state index contributed by atoms with van der Waals surface area (Å²) in [4.78, 5) is 36.7. The van der Waals surface area contributed by atoms with Crippen LogP contribution in [0.2, 0.25) is 0 Å². The number of fused-ring (bicyclic) bond motifs is 1. The van der Waals surface area contributed by atoms with Crippen molar-refractivity contribution in [3.8, 4) is 6.19 Å². The molecule has 10 nitrogen and oxygen atoms in total. The van der Waals surface area contributed by atoms with E-state index < -0.39 is 12.1 Å². The third-order valence-corrected chi connectivity index (χ3v) is 6.92. The number of carbonyl (C=O) groups excluding carboxylic acids is 2. The molecule has 0 aromatic heterocycles. The number of hydrogen-bond donors (Lipinski definition) is 1. The SMILES string of the molecule is CCOC(=O)NC(=NC(CC(C)(C)C)C(=O)N(C#N)C1CCN2CCCCC2C1)N1CCOCC1. The number of rotatable bonds is 5. The number of amides is 2. The maximum Gasteiger partial charge on any atom is 0.413 e. The Balaban J connectivity index is 1.85. The van der Waals surface area contributed by atoms with E-state index in [1.807, 2.05) is 25.7 Å². The molecule has 0 saturated carbocycles. The van der Waals surface area contributed by atoms with E-state index in [0.717, 1.165) is 32.4 Å². The minimum Gasteiger partial charge on any atom is -0.450 e. The molecule has 2 amide bonds. The molecule has 35 heavy (non-hydrogen) atoms. The summed E-state index contributed by atoms with van der Waals surface area (Å²) in [5.74, 6) is 0.00226.